The van der Waals surface area contributed by atoms with E-state index in [1.807, 2.05) is 0 Å². The van der Waals surface area contributed by atoms with Crippen molar-refractivity contribution in [1.82, 2.24) is 9.80 Å². The number of allylic oxidation sites excluding steroid dienone is 2. The Morgan fingerprint density at radius 2 is 1.72 bits per heavy atom. The number of hydrogen-bond acceptors (Lipinski definition) is 4. The number of nitrogen functional groups attached to an aromatic ring is 1. The second-order valence-electron chi connectivity index (χ2n) is 12.2. The molecule has 5 heteroatoms. The lowest BCUT2D eigenvalue weighted by Crippen LogP contribution is -2.48. The molecule has 0 aromatic heterocycles. The normalized spacial score (nSPS) is 20.9. The van der Waals surface area contributed by atoms with Crippen LogP contribution in [0.5, 0.6) is 0 Å². The van der Waals surface area contributed by atoms with Crippen LogP contribution in [0.1, 0.15) is 65.0 Å². The molecule has 0 atom stereocenters. The van der Waals surface area contributed by atoms with Gasteiger partial charge in [-0.15, -0.1) is 0 Å². The molecule has 0 radical (unpaired) electrons. The minimum atomic E-state index is -1.64. The predicted octanol–water partition coefficient (Wildman–Crippen LogP) is 6.00. The van der Waals surface area contributed by atoms with Gasteiger partial charge in [0.15, 0.2) is 8.32 Å². The summed E-state index contributed by atoms with van der Waals surface area (Å²) < 4.78 is 6.38. The third-order valence-corrected chi connectivity index (χ3v) is 12.5. The van der Waals surface area contributed by atoms with Crippen molar-refractivity contribution in [3.05, 3.63) is 35.4 Å². The first-order chi connectivity index (χ1) is 14.9. The zero-order chi connectivity index (χ0) is 23.6. The van der Waals surface area contributed by atoms with Gasteiger partial charge in [0.05, 0.1) is 0 Å². The maximum atomic E-state index is 6.38. The third kappa shape index (κ3) is 6.69. The fourth-order valence-electron chi connectivity index (χ4n) is 4.38. The molecular weight excluding hydrogens is 410 g/mol. The van der Waals surface area contributed by atoms with E-state index in [4.69, 9.17) is 10.2 Å². The average molecular weight is 458 g/mol. The van der Waals surface area contributed by atoms with Crippen molar-refractivity contribution in [3.63, 3.8) is 0 Å². The molecule has 3 rings (SSSR count). The van der Waals surface area contributed by atoms with Gasteiger partial charge >= 0.3 is 0 Å². The van der Waals surface area contributed by atoms with Gasteiger partial charge in [-0.3, -0.25) is 9.80 Å². The van der Waals surface area contributed by atoms with Crippen molar-refractivity contribution in [2.75, 3.05) is 45.1 Å². The van der Waals surface area contributed by atoms with Crippen LogP contribution in [0.3, 0.4) is 0 Å². The molecule has 1 aliphatic heterocycles. The highest BCUT2D eigenvalue weighted by Crippen LogP contribution is 2.39. The molecule has 1 fully saturated rings. The summed E-state index contributed by atoms with van der Waals surface area (Å²) in [5, 5.41) is 0.285. The van der Waals surface area contributed by atoms with Crippen LogP contribution in [0.25, 0.3) is 5.57 Å². The monoisotopic (exact) mass is 457 g/mol. The van der Waals surface area contributed by atoms with Crippen LogP contribution in [0.2, 0.25) is 18.1 Å². The molecule has 1 aromatic rings. The minimum Gasteiger partial charge on any atom is -0.416 e. The van der Waals surface area contributed by atoms with Gasteiger partial charge in [0, 0.05) is 57.1 Å². The third-order valence-electron chi connectivity index (χ3n) is 7.98. The van der Waals surface area contributed by atoms with Crippen molar-refractivity contribution in [3.8, 4) is 0 Å². The molecule has 180 valence electrons. The van der Waals surface area contributed by atoms with E-state index in [1.165, 1.54) is 23.1 Å². The van der Waals surface area contributed by atoms with E-state index < -0.39 is 8.32 Å². The van der Waals surface area contributed by atoms with Gasteiger partial charge < -0.3 is 10.2 Å². The standard InChI is InChI=1S/C27H47N3OSi/c1-26(2,3)32(6,7)31-19-18-29-14-16-30(17-15-29)21-22-8-9-25(28)24(20-22)23-10-12-27(4,5)13-11-23/h8-10,20H,11-19,21,28H2,1-7H3. The van der Waals surface area contributed by atoms with Gasteiger partial charge in [-0.05, 0) is 66.1 Å². The van der Waals surface area contributed by atoms with Crippen LogP contribution in [-0.4, -0.2) is 57.4 Å². The topological polar surface area (TPSA) is 41.7 Å². The van der Waals surface area contributed by atoms with Crippen LogP contribution >= 0.6 is 0 Å². The van der Waals surface area contributed by atoms with Crippen molar-refractivity contribution in [2.45, 2.75) is 78.6 Å². The molecule has 2 aliphatic rings. The molecule has 0 amide bonds. The smallest absolute Gasteiger partial charge is 0.192 e. The zero-order valence-corrected chi connectivity index (χ0v) is 22.8. The molecule has 2 N–H and O–H groups in total. The number of piperazine rings is 1. The van der Waals surface area contributed by atoms with Crippen LogP contribution < -0.4 is 5.73 Å². The fraction of sp³-hybridized carbons (Fsp3) is 0.704. The molecule has 1 saturated heterocycles. The highest BCUT2D eigenvalue weighted by atomic mass is 28.4. The quantitative estimate of drug-likeness (QED) is 0.403. The largest absolute Gasteiger partial charge is 0.416 e. The number of nitrogens with zero attached hydrogens (tertiary/aromatic N) is 2. The molecule has 4 nitrogen and oxygen atoms in total. The molecule has 0 saturated carbocycles. The van der Waals surface area contributed by atoms with E-state index in [0.29, 0.717) is 5.41 Å². The lowest BCUT2D eigenvalue weighted by Gasteiger charge is -2.38. The van der Waals surface area contributed by atoms with Crippen molar-refractivity contribution >= 4 is 19.6 Å². The maximum Gasteiger partial charge on any atom is 0.192 e. The second-order valence-corrected chi connectivity index (χ2v) is 17.1. The Labute approximate surface area is 198 Å². The van der Waals surface area contributed by atoms with E-state index in [9.17, 15) is 0 Å². The molecule has 1 aliphatic carbocycles. The van der Waals surface area contributed by atoms with E-state index in [-0.39, 0.29) is 5.04 Å². The van der Waals surface area contributed by atoms with Crippen molar-refractivity contribution in [2.24, 2.45) is 5.41 Å². The molecule has 1 heterocycles. The summed E-state index contributed by atoms with van der Waals surface area (Å²) in [6.45, 7) is 23.8. The van der Waals surface area contributed by atoms with Crippen LogP contribution in [-0.2, 0) is 11.0 Å². The summed E-state index contributed by atoms with van der Waals surface area (Å²) in [5.41, 5.74) is 11.8. The molecular formula is C27H47N3OSi. The lowest BCUT2D eigenvalue weighted by atomic mass is 9.77. The van der Waals surface area contributed by atoms with E-state index in [0.717, 1.165) is 64.4 Å². The minimum absolute atomic E-state index is 0.285. The van der Waals surface area contributed by atoms with E-state index in [2.05, 4.69) is 81.8 Å². The van der Waals surface area contributed by atoms with Crippen LogP contribution in [0.4, 0.5) is 5.69 Å². The Morgan fingerprint density at radius 3 is 2.31 bits per heavy atom. The lowest BCUT2D eigenvalue weighted by molar-refractivity contribution is 0.110. The molecule has 1 aromatic carbocycles. The number of nitrogens with two attached hydrogens (primary N) is 1. The van der Waals surface area contributed by atoms with Gasteiger partial charge in [0.1, 0.15) is 0 Å². The van der Waals surface area contributed by atoms with Gasteiger partial charge in [0.25, 0.3) is 0 Å². The zero-order valence-electron chi connectivity index (χ0n) is 21.8. The first kappa shape index (κ1) is 25.5. The number of anilines is 1. The Balaban J connectivity index is 1.49. The molecule has 0 spiro atoms. The Morgan fingerprint density at radius 1 is 1.06 bits per heavy atom. The summed E-state index contributed by atoms with van der Waals surface area (Å²) in [7, 11) is -1.64. The van der Waals surface area contributed by atoms with Gasteiger partial charge in [0.2, 0.25) is 0 Å². The number of rotatable bonds is 7. The predicted molar refractivity (Wildman–Crippen MR) is 141 cm³/mol. The Bertz CT molecular complexity index is 802. The maximum absolute atomic E-state index is 6.38. The summed E-state index contributed by atoms with van der Waals surface area (Å²) in [5.74, 6) is 0. The molecule has 0 bridgehead atoms. The summed E-state index contributed by atoms with van der Waals surface area (Å²) >= 11 is 0. The summed E-state index contributed by atoms with van der Waals surface area (Å²) in [6.07, 6.45) is 5.94. The summed E-state index contributed by atoms with van der Waals surface area (Å²) in [6, 6.07) is 6.67. The van der Waals surface area contributed by atoms with Crippen LogP contribution in [0.15, 0.2) is 24.3 Å². The Kier molecular flexibility index (Phi) is 7.96. The van der Waals surface area contributed by atoms with E-state index >= 15 is 0 Å². The van der Waals surface area contributed by atoms with E-state index in [1.54, 1.807) is 0 Å². The summed E-state index contributed by atoms with van der Waals surface area (Å²) in [4.78, 5) is 5.14. The second kappa shape index (κ2) is 10.0. The average Bonchev–Trinajstić information content (AvgIpc) is 2.70. The van der Waals surface area contributed by atoms with Crippen LogP contribution in [0, 0.1) is 5.41 Å². The number of hydrogen-bond donors (Lipinski definition) is 1. The highest BCUT2D eigenvalue weighted by molar-refractivity contribution is 6.74. The highest BCUT2D eigenvalue weighted by Gasteiger charge is 2.37. The number of benzene rings is 1. The molecule has 32 heavy (non-hydrogen) atoms. The fourth-order valence-corrected chi connectivity index (χ4v) is 5.41. The van der Waals surface area contributed by atoms with Crippen molar-refractivity contribution in [1.29, 1.82) is 0 Å². The van der Waals surface area contributed by atoms with Gasteiger partial charge in [-0.2, -0.15) is 0 Å². The van der Waals surface area contributed by atoms with Gasteiger partial charge in [-0.1, -0.05) is 46.8 Å². The van der Waals surface area contributed by atoms with Crippen molar-refractivity contribution < 1.29 is 4.43 Å². The SMILES string of the molecule is CC1(C)CC=C(c2cc(CN3CCN(CCO[Si](C)(C)C(C)(C)C)CC3)ccc2N)CC1. The Hall–Kier alpha value is -1.14. The first-order valence-corrected chi connectivity index (χ1v) is 15.4. The first-order valence-electron chi connectivity index (χ1n) is 12.5. The van der Waals surface area contributed by atoms with Gasteiger partial charge in [-0.25, -0.2) is 0 Å². The molecule has 0 unspecified atom stereocenters.